The van der Waals surface area contributed by atoms with Gasteiger partial charge in [0.1, 0.15) is 0 Å². The lowest BCUT2D eigenvalue weighted by molar-refractivity contribution is 0.115. The molecule has 0 radical (unpaired) electrons. The van der Waals surface area contributed by atoms with Gasteiger partial charge in [0.05, 0.1) is 6.10 Å². The van der Waals surface area contributed by atoms with Crippen LogP contribution in [0.2, 0.25) is 0 Å². The summed E-state index contributed by atoms with van der Waals surface area (Å²) in [6.07, 6.45) is 5.85. The highest BCUT2D eigenvalue weighted by Crippen LogP contribution is 2.21. The Morgan fingerprint density at radius 1 is 1.04 bits per heavy atom. The van der Waals surface area contributed by atoms with Crippen LogP contribution in [-0.4, -0.2) is 42.2 Å². The number of hydrogen-bond donors (Lipinski definition) is 2. The van der Waals surface area contributed by atoms with Gasteiger partial charge >= 0.3 is 0 Å². The maximum Gasteiger partial charge on any atom is 0.0943 e. The first-order valence-electron chi connectivity index (χ1n) is 9.35. The van der Waals surface area contributed by atoms with E-state index in [1.807, 2.05) is 30.3 Å². The summed E-state index contributed by atoms with van der Waals surface area (Å²) < 4.78 is 0. The summed E-state index contributed by atoms with van der Waals surface area (Å²) in [5.41, 5.74) is 1.02. The van der Waals surface area contributed by atoms with Crippen LogP contribution in [0.15, 0.2) is 30.3 Å². The Morgan fingerprint density at radius 3 is 2.28 bits per heavy atom. The molecule has 146 valence electrons. The minimum Gasteiger partial charge on any atom is -0.387 e. The van der Waals surface area contributed by atoms with Gasteiger partial charge in [0, 0.05) is 6.04 Å². The lowest BCUT2D eigenvalue weighted by atomic mass is 9.94. The van der Waals surface area contributed by atoms with Crippen molar-refractivity contribution in [1.29, 1.82) is 0 Å². The summed E-state index contributed by atoms with van der Waals surface area (Å²) in [4.78, 5) is 2.58. The Bertz CT molecular complexity index is 425. The number of rotatable bonds is 9. The van der Waals surface area contributed by atoms with Crippen LogP contribution < -0.4 is 5.32 Å². The SMILES string of the molecule is CC(C)CC(NCCCN1CCCCC1)C(O)c1ccccc1.Cl.Cl. The van der Waals surface area contributed by atoms with E-state index in [1.165, 1.54) is 38.9 Å². The topological polar surface area (TPSA) is 35.5 Å². The van der Waals surface area contributed by atoms with Crippen molar-refractivity contribution < 1.29 is 5.11 Å². The van der Waals surface area contributed by atoms with Crippen molar-refractivity contribution in [2.75, 3.05) is 26.2 Å². The first-order valence-corrected chi connectivity index (χ1v) is 9.35. The molecule has 0 saturated carbocycles. The van der Waals surface area contributed by atoms with E-state index < -0.39 is 6.10 Å². The number of piperidine rings is 1. The number of halogens is 2. The third-order valence-corrected chi connectivity index (χ3v) is 4.75. The molecule has 5 heteroatoms. The zero-order chi connectivity index (χ0) is 16.5. The zero-order valence-corrected chi connectivity index (χ0v) is 17.3. The molecule has 2 unspecified atom stereocenters. The van der Waals surface area contributed by atoms with Gasteiger partial charge in [0.25, 0.3) is 0 Å². The second kappa shape index (κ2) is 13.8. The van der Waals surface area contributed by atoms with Gasteiger partial charge in [0.2, 0.25) is 0 Å². The minimum atomic E-state index is -0.423. The average Bonchev–Trinajstić information content (AvgIpc) is 2.58. The molecule has 0 amide bonds. The molecule has 1 aromatic rings. The fourth-order valence-electron chi connectivity index (χ4n) is 3.49. The number of hydrogen-bond acceptors (Lipinski definition) is 3. The van der Waals surface area contributed by atoms with Crippen LogP contribution in [-0.2, 0) is 0 Å². The maximum absolute atomic E-state index is 10.7. The van der Waals surface area contributed by atoms with Gasteiger partial charge in [-0.05, 0) is 63.3 Å². The molecule has 2 rings (SSSR count). The van der Waals surface area contributed by atoms with Gasteiger partial charge in [-0.15, -0.1) is 24.8 Å². The molecule has 1 aliphatic heterocycles. The quantitative estimate of drug-likeness (QED) is 0.611. The molecule has 2 atom stereocenters. The van der Waals surface area contributed by atoms with Crippen LogP contribution in [0.25, 0.3) is 0 Å². The minimum absolute atomic E-state index is 0. The molecule has 1 saturated heterocycles. The van der Waals surface area contributed by atoms with E-state index in [9.17, 15) is 5.11 Å². The van der Waals surface area contributed by atoms with Gasteiger partial charge < -0.3 is 15.3 Å². The largest absolute Gasteiger partial charge is 0.387 e. The van der Waals surface area contributed by atoms with Crippen LogP contribution in [0, 0.1) is 5.92 Å². The Hall–Kier alpha value is -0.320. The molecule has 25 heavy (non-hydrogen) atoms. The summed E-state index contributed by atoms with van der Waals surface area (Å²) in [5, 5.41) is 14.3. The van der Waals surface area contributed by atoms with Crippen LogP contribution in [0.5, 0.6) is 0 Å². The van der Waals surface area contributed by atoms with E-state index in [-0.39, 0.29) is 30.9 Å². The Labute approximate surface area is 166 Å². The Morgan fingerprint density at radius 2 is 1.68 bits per heavy atom. The second-order valence-electron chi connectivity index (χ2n) is 7.30. The molecule has 0 spiro atoms. The Kier molecular flexibility index (Phi) is 13.7. The fraction of sp³-hybridized carbons (Fsp3) is 0.700. The number of benzene rings is 1. The number of aliphatic hydroxyl groups excluding tert-OH is 1. The monoisotopic (exact) mass is 390 g/mol. The number of nitrogens with zero attached hydrogens (tertiary/aromatic N) is 1. The molecule has 0 aliphatic carbocycles. The molecule has 1 fully saturated rings. The molecule has 2 N–H and O–H groups in total. The highest BCUT2D eigenvalue weighted by Gasteiger charge is 2.21. The van der Waals surface area contributed by atoms with E-state index in [2.05, 4.69) is 24.1 Å². The highest BCUT2D eigenvalue weighted by atomic mass is 35.5. The molecular formula is C20H36Cl2N2O. The number of aliphatic hydroxyl groups is 1. The maximum atomic E-state index is 10.7. The van der Waals surface area contributed by atoms with Crippen molar-refractivity contribution in [1.82, 2.24) is 10.2 Å². The van der Waals surface area contributed by atoms with Crippen molar-refractivity contribution in [3.05, 3.63) is 35.9 Å². The van der Waals surface area contributed by atoms with E-state index in [4.69, 9.17) is 0 Å². The molecule has 1 aliphatic rings. The fourth-order valence-corrected chi connectivity index (χ4v) is 3.49. The van der Waals surface area contributed by atoms with E-state index in [0.29, 0.717) is 5.92 Å². The molecule has 1 heterocycles. The highest BCUT2D eigenvalue weighted by molar-refractivity contribution is 5.85. The smallest absolute Gasteiger partial charge is 0.0943 e. The van der Waals surface area contributed by atoms with Gasteiger partial charge in [-0.3, -0.25) is 0 Å². The van der Waals surface area contributed by atoms with Crippen LogP contribution in [0.3, 0.4) is 0 Å². The summed E-state index contributed by atoms with van der Waals surface area (Å²) in [6, 6.07) is 10.2. The van der Waals surface area contributed by atoms with Crippen LogP contribution >= 0.6 is 24.8 Å². The third kappa shape index (κ3) is 9.25. The summed E-state index contributed by atoms with van der Waals surface area (Å²) in [5.74, 6) is 0.577. The average molecular weight is 391 g/mol. The molecule has 0 bridgehead atoms. The van der Waals surface area contributed by atoms with Crippen LogP contribution in [0.1, 0.15) is 57.6 Å². The van der Waals surface area contributed by atoms with Crippen LogP contribution in [0.4, 0.5) is 0 Å². The first kappa shape index (κ1) is 24.7. The normalized spacial score (nSPS) is 17.4. The summed E-state index contributed by atoms with van der Waals surface area (Å²) in [7, 11) is 0. The molecule has 0 aromatic heterocycles. The molecule has 3 nitrogen and oxygen atoms in total. The first-order chi connectivity index (χ1) is 11.2. The zero-order valence-electron chi connectivity index (χ0n) is 15.7. The Balaban J connectivity index is 0.00000288. The second-order valence-corrected chi connectivity index (χ2v) is 7.30. The molecular weight excluding hydrogens is 355 g/mol. The van der Waals surface area contributed by atoms with Gasteiger partial charge in [0.15, 0.2) is 0 Å². The van der Waals surface area contributed by atoms with Crippen molar-refractivity contribution in [2.45, 2.75) is 58.1 Å². The molecule has 1 aromatic carbocycles. The van der Waals surface area contributed by atoms with Crippen molar-refractivity contribution in [2.24, 2.45) is 5.92 Å². The summed E-state index contributed by atoms with van der Waals surface area (Å²) >= 11 is 0. The van der Waals surface area contributed by atoms with E-state index in [0.717, 1.165) is 24.9 Å². The number of likely N-dealkylation sites (tertiary alicyclic amines) is 1. The van der Waals surface area contributed by atoms with Crippen molar-refractivity contribution in [3.8, 4) is 0 Å². The standard InChI is InChI=1S/C20H34N2O.2ClH/c1-17(2)16-19(20(23)18-10-5-3-6-11-18)21-12-9-15-22-13-7-4-8-14-22;;/h3,5-6,10-11,17,19-21,23H,4,7-9,12-16H2,1-2H3;2*1H. The van der Waals surface area contributed by atoms with Gasteiger partial charge in [-0.2, -0.15) is 0 Å². The van der Waals surface area contributed by atoms with E-state index in [1.54, 1.807) is 0 Å². The van der Waals surface area contributed by atoms with Gasteiger partial charge in [-0.1, -0.05) is 50.6 Å². The van der Waals surface area contributed by atoms with Crippen molar-refractivity contribution >= 4 is 24.8 Å². The lowest BCUT2D eigenvalue weighted by Gasteiger charge is -2.28. The number of nitrogens with one attached hydrogen (secondary N) is 1. The van der Waals surface area contributed by atoms with Crippen molar-refractivity contribution in [3.63, 3.8) is 0 Å². The van der Waals surface area contributed by atoms with Gasteiger partial charge in [-0.25, -0.2) is 0 Å². The predicted molar refractivity (Wildman–Crippen MR) is 112 cm³/mol. The third-order valence-electron chi connectivity index (χ3n) is 4.75. The lowest BCUT2D eigenvalue weighted by Crippen LogP contribution is -2.38. The summed E-state index contributed by atoms with van der Waals surface area (Å²) in [6.45, 7) is 9.14. The predicted octanol–water partition coefficient (Wildman–Crippen LogP) is 4.44. The van der Waals surface area contributed by atoms with E-state index >= 15 is 0 Å².